The molecule has 0 radical (unpaired) electrons. The predicted molar refractivity (Wildman–Crippen MR) is 140 cm³/mol. The fourth-order valence-electron chi connectivity index (χ4n) is 10.5. The van der Waals surface area contributed by atoms with Crippen LogP contribution in [0.25, 0.3) is 0 Å². The lowest BCUT2D eigenvalue weighted by Crippen LogP contribution is -2.64. The zero-order valence-corrected chi connectivity index (χ0v) is 23.5. The van der Waals surface area contributed by atoms with Gasteiger partial charge < -0.3 is 4.74 Å². The smallest absolute Gasteiger partial charge is 0.302 e. The van der Waals surface area contributed by atoms with Crippen molar-refractivity contribution in [3.05, 3.63) is 23.8 Å². The number of rotatable bonds is 1. The maximum absolute atomic E-state index is 11.9. The molecule has 8 atom stereocenters. The zero-order valence-electron chi connectivity index (χ0n) is 23.5. The van der Waals surface area contributed by atoms with Gasteiger partial charge in [0, 0.05) is 12.3 Å². The van der Waals surface area contributed by atoms with Gasteiger partial charge in [-0.05, 0) is 96.2 Å². The molecule has 0 bridgehead atoms. The SMILES string of the molecule is CC(=O)OC1CCC2(C)C(CCC3(C)C2CC=C2C4CC(C)(C)C=CC4(C)CCC23C)C1(C)C. The highest BCUT2D eigenvalue weighted by molar-refractivity contribution is 5.66. The highest BCUT2D eigenvalue weighted by Crippen LogP contribution is 2.75. The monoisotopic (exact) mass is 466 g/mol. The Morgan fingerprint density at radius 1 is 0.882 bits per heavy atom. The number of hydrogen-bond acceptors (Lipinski definition) is 2. The number of ether oxygens (including phenoxy) is 1. The van der Waals surface area contributed by atoms with Crippen LogP contribution in [0.15, 0.2) is 23.8 Å². The molecule has 0 N–H and O–H groups in total. The third-order valence-electron chi connectivity index (χ3n) is 12.7. The van der Waals surface area contributed by atoms with Gasteiger partial charge in [0.2, 0.25) is 0 Å². The summed E-state index contributed by atoms with van der Waals surface area (Å²) < 4.78 is 5.90. The lowest BCUT2D eigenvalue weighted by molar-refractivity contribution is -0.210. The molecule has 0 amide bonds. The summed E-state index contributed by atoms with van der Waals surface area (Å²) in [5, 5.41) is 0. The number of fused-ring (bicyclic) bond motifs is 7. The average Bonchev–Trinajstić information content (AvgIpc) is 2.72. The van der Waals surface area contributed by atoms with E-state index >= 15 is 0 Å². The van der Waals surface area contributed by atoms with Crippen LogP contribution in [-0.4, -0.2) is 12.1 Å². The van der Waals surface area contributed by atoms with Crippen LogP contribution in [0.4, 0.5) is 0 Å². The maximum Gasteiger partial charge on any atom is 0.302 e. The minimum absolute atomic E-state index is 0.0359. The van der Waals surface area contributed by atoms with Gasteiger partial charge in [-0.15, -0.1) is 0 Å². The molecule has 8 unspecified atom stereocenters. The molecule has 5 rings (SSSR count). The molecule has 0 aromatic heterocycles. The predicted octanol–water partition coefficient (Wildman–Crippen LogP) is 8.52. The average molecular weight is 467 g/mol. The normalized spacial score (nSPS) is 50.7. The van der Waals surface area contributed by atoms with Gasteiger partial charge in [0.1, 0.15) is 6.10 Å². The zero-order chi connectivity index (χ0) is 24.9. The van der Waals surface area contributed by atoms with E-state index in [0.717, 1.165) is 6.42 Å². The second kappa shape index (κ2) is 7.25. The molecule has 0 aliphatic heterocycles. The second-order valence-corrected chi connectivity index (χ2v) is 15.3. The van der Waals surface area contributed by atoms with Gasteiger partial charge in [0.25, 0.3) is 0 Å². The summed E-state index contributed by atoms with van der Waals surface area (Å²) in [7, 11) is 0. The minimum Gasteiger partial charge on any atom is -0.462 e. The molecule has 3 saturated carbocycles. The first-order valence-electron chi connectivity index (χ1n) is 14.2. The van der Waals surface area contributed by atoms with Crippen molar-refractivity contribution >= 4 is 5.97 Å². The van der Waals surface area contributed by atoms with E-state index in [0.29, 0.717) is 44.8 Å². The number of carbonyl (C=O) groups is 1. The fraction of sp³-hybridized carbons (Fsp3) is 0.844. The van der Waals surface area contributed by atoms with Crippen molar-refractivity contribution in [1.82, 2.24) is 0 Å². The first-order chi connectivity index (χ1) is 15.6. The summed E-state index contributed by atoms with van der Waals surface area (Å²) in [5.41, 5.74) is 3.43. The quantitative estimate of drug-likeness (QED) is 0.286. The molecule has 2 heteroatoms. The summed E-state index contributed by atoms with van der Waals surface area (Å²) in [4.78, 5) is 11.9. The van der Waals surface area contributed by atoms with Crippen LogP contribution in [0, 0.1) is 50.2 Å². The van der Waals surface area contributed by atoms with Crippen LogP contribution < -0.4 is 0 Å². The van der Waals surface area contributed by atoms with Crippen LogP contribution >= 0.6 is 0 Å². The molecule has 190 valence electrons. The maximum atomic E-state index is 11.9. The Kier molecular flexibility index (Phi) is 5.26. The van der Waals surface area contributed by atoms with Crippen LogP contribution in [0.1, 0.15) is 114 Å². The van der Waals surface area contributed by atoms with Crippen LogP contribution in [-0.2, 0) is 9.53 Å². The number of carbonyl (C=O) groups excluding carboxylic acids is 1. The fourth-order valence-corrected chi connectivity index (χ4v) is 10.5. The molecule has 3 fully saturated rings. The third-order valence-corrected chi connectivity index (χ3v) is 12.7. The Hall–Kier alpha value is -1.05. The van der Waals surface area contributed by atoms with Crippen LogP contribution in [0.2, 0.25) is 0 Å². The molecule has 0 aromatic carbocycles. The van der Waals surface area contributed by atoms with Crippen molar-refractivity contribution in [2.24, 2.45) is 50.2 Å². The molecule has 2 nitrogen and oxygen atoms in total. The second-order valence-electron chi connectivity index (χ2n) is 15.3. The van der Waals surface area contributed by atoms with Crippen molar-refractivity contribution < 1.29 is 9.53 Å². The van der Waals surface area contributed by atoms with Gasteiger partial charge in [-0.1, -0.05) is 79.2 Å². The summed E-state index contributed by atoms with van der Waals surface area (Å²) >= 11 is 0. The van der Waals surface area contributed by atoms with Crippen molar-refractivity contribution in [1.29, 1.82) is 0 Å². The molecule has 5 aliphatic carbocycles. The topological polar surface area (TPSA) is 26.3 Å². The number of allylic oxidation sites excluding steroid dienone is 4. The van der Waals surface area contributed by atoms with Crippen LogP contribution in [0.5, 0.6) is 0 Å². The minimum atomic E-state index is -0.116. The summed E-state index contributed by atoms with van der Waals surface area (Å²) in [5.74, 6) is 1.89. The summed E-state index contributed by atoms with van der Waals surface area (Å²) in [6.45, 7) is 21.7. The number of esters is 1. The molecule has 0 spiro atoms. The van der Waals surface area contributed by atoms with Gasteiger partial charge in [-0.2, -0.15) is 0 Å². The first-order valence-corrected chi connectivity index (χ1v) is 14.2. The van der Waals surface area contributed by atoms with E-state index in [4.69, 9.17) is 4.74 Å². The molecular formula is C32H50O2. The molecule has 5 aliphatic rings. The number of hydrogen-bond donors (Lipinski definition) is 0. The van der Waals surface area contributed by atoms with Crippen molar-refractivity contribution in [3.63, 3.8) is 0 Å². The van der Waals surface area contributed by atoms with Crippen LogP contribution in [0.3, 0.4) is 0 Å². The van der Waals surface area contributed by atoms with Gasteiger partial charge in [-0.25, -0.2) is 0 Å². The highest BCUT2D eigenvalue weighted by atomic mass is 16.5. The van der Waals surface area contributed by atoms with Crippen molar-refractivity contribution in [2.45, 2.75) is 120 Å². The van der Waals surface area contributed by atoms with Gasteiger partial charge in [-0.3, -0.25) is 4.79 Å². The highest BCUT2D eigenvalue weighted by Gasteiger charge is 2.67. The lowest BCUT2D eigenvalue weighted by Gasteiger charge is -2.71. The Morgan fingerprint density at radius 3 is 2.26 bits per heavy atom. The lowest BCUT2D eigenvalue weighted by atomic mass is 9.34. The third kappa shape index (κ3) is 3.15. The standard InChI is InChI=1S/C32H50O2/c1-21(33)34-26-13-14-30(7)24(28(26,4)5)12-15-32(9)25(30)11-10-22-23-20-27(2,3)16-17-29(23,6)18-19-31(22,32)8/h10,16-17,23-26H,11-15,18-20H2,1-9H3. The van der Waals surface area contributed by atoms with Crippen molar-refractivity contribution in [3.8, 4) is 0 Å². The Bertz CT molecular complexity index is 939. The van der Waals surface area contributed by atoms with Gasteiger partial charge in [0.05, 0.1) is 0 Å². The van der Waals surface area contributed by atoms with E-state index in [2.05, 4.69) is 73.6 Å². The molecule has 34 heavy (non-hydrogen) atoms. The van der Waals surface area contributed by atoms with E-state index in [-0.39, 0.29) is 17.5 Å². The summed E-state index contributed by atoms with van der Waals surface area (Å²) in [6.07, 6.45) is 17.9. The molecule has 0 saturated heterocycles. The van der Waals surface area contributed by atoms with E-state index in [1.807, 2.05) is 5.57 Å². The van der Waals surface area contributed by atoms with E-state index in [1.165, 1.54) is 44.9 Å². The molecule has 0 aromatic rings. The van der Waals surface area contributed by atoms with Crippen molar-refractivity contribution in [2.75, 3.05) is 0 Å². The first kappa shape index (κ1) is 24.6. The van der Waals surface area contributed by atoms with Gasteiger partial charge >= 0.3 is 5.97 Å². The largest absolute Gasteiger partial charge is 0.462 e. The van der Waals surface area contributed by atoms with Gasteiger partial charge in [0.15, 0.2) is 0 Å². The molecular weight excluding hydrogens is 416 g/mol. The molecule has 0 heterocycles. The van der Waals surface area contributed by atoms with E-state index in [9.17, 15) is 4.79 Å². The Labute approximate surface area is 209 Å². The van der Waals surface area contributed by atoms with E-state index in [1.54, 1.807) is 6.92 Å². The van der Waals surface area contributed by atoms with E-state index < -0.39 is 0 Å². The Morgan fingerprint density at radius 2 is 1.59 bits per heavy atom. The summed E-state index contributed by atoms with van der Waals surface area (Å²) in [6, 6.07) is 0. The Balaban J connectivity index is 1.54.